The van der Waals surface area contributed by atoms with Crippen molar-refractivity contribution in [3.8, 4) is 11.1 Å². The Hall–Kier alpha value is -3.56. The van der Waals surface area contributed by atoms with Crippen molar-refractivity contribution in [2.75, 3.05) is 19.6 Å². The van der Waals surface area contributed by atoms with Crippen molar-refractivity contribution in [1.82, 2.24) is 10.2 Å². The van der Waals surface area contributed by atoms with Crippen LogP contribution in [0.2, 0.25) is 0 Å². The number of nitrogens with zero attached hydrogens (tertiary/aromatic N) is 1. The molecule has 2 fully saturated rings. The zero-order chi connectivity index (χ0) is 32.8. The molecule has 1 amide bonds. The van der Waals surface area contributed by atoms with Gasteiger partial charge in [0.15, 0.2) is 6.29 Å². The molecular weight excluding hydrogens is 592 g/mol. The first-order chi connectivity index (χ1) is 23.0. The number of aliphatic hydroxyl groups excluding tert-OH is 1. The van der Waals surface area contributed by atoms with Crippen LogP contribution in [0.4, 0.5) is 0 Å². The van der Waals surface area contributed by atoms with Crippen LogP contribution in [-0.2, 0) is 32.2 Å². The molecule has 47 heavy (non-hydrogen) atoms. The van der Waals surface area contributed by atoms with Gasteiger partial charge in [-0.2, -0.15) is 0 Å². The lowest BCUT2D eigenvalue weighted by Gasteiger charge is -2.38. The van der Waals surface area contributed by atoms with E-state index in [0.717, 1.165) is 65.9 Å². The van der Waals surface area contributed by atoms with Gasteiger partial charge in [-0.3, -0.25) is 9.59 Å². The number of aliphatic carboxylic acids is 1. The summed E-state index contributed by atoms with van der Waals surface area (Å²) in [5, 5.41) is 21.3. The number of aliphatic hydroxyl groups is 1. The standard InChI is InChI=1S/C39H50N2O6/c42-28-29-14-16-32(17-15-29)36-25-35(27-41-22-7-2-1-3-8-23-41)46-39(47-36)33-20-18-31(19-21-33)34-11-9-10-30(24-34)26-40-37(43)12-5-4-6-13-38(44)45/h9-11,14-21,24,35-36,39,42H,1-8,12-13,22-23,25-28H2,(H,40,43)(H,44,45)/t35-,36+,39+/m0/s1. The number of likely N-dealkylation sites (tertiary alicyclic amines) is 1. The van der Waals surface area contributed by atoms with Crippen LogP contribution in [0.3, 0.4) is 0 Å². The monoisotopic (exact) mass is 642 g/mol. The van der Waals surface area contributed by atoms with Gasteiger partial charge < -0.3 is 29.9 Å². The van der Waals surface area contributed by atoms with Crippen LogP contribution in [0.15, 0.2) is 72.8 Å². The lowest BCUT2D eigenvalue weighted by Crippen LogP contribution is -2.40. The molecule has 5 rings (SSSR count). The van der Waals surface area contributed by atoms with Crippen molar-refractivity contribution in [1.29, 1.82) is 0 Å². The second kappa shape index (κ2) is 18.1. The number of nitrogens with one attached hydrogen (secondary N) is 1. The van der Waals surface area contributed by atoms with Crippen LogP contribution >= 0.6 is 0 Å². The van der Waals surface area contributed by atoms with Crippen molar-refractivity contribution in [2.45, 2.75) is 102 Å². The minimum Gasteiger partial charge on any atom is -0.481 e. The van der Waals surface area contributed by atoms with E-state index in [1.807, 2.05) is 24.3 Å². The fourth-order valence-electron chi connectivity index (χ4n) is 6.54. The van der Waals surface area contributed by atoms with Gasteiger partial charge in [0.05, 0.1) is 18.8 Å². The summed E-state index contributed by atoms with van der Waals surface area (Å²) in [6.07, 6.45) is 9.25. The molecule has 0 unspecified atom stereocenters. The summed E-state index contributed by atoms with van der Waals surface area (Å²) in [5.74, 6) is -0.813. The fourth-order valence-corrected chi connectivity index (χ4v) is 6.54. The van der Waals surface area contributed by atoms with Crippen molar-refractivity contribution >= 4 is 11.9 Å². The summed E-state index contributed by atoms with van der Waals surface area (Å²) in [6.45, 7) is 3.61. The zero-order valence-corrected chi connectivity index (χ0v) is 27.4. The molecule has 0 radical (unpaired) electrons. The van der Waals surface area contributed by atoms with Crippen LogP contribution in [0.1, 0.15) is 105 Å². The van der Waals surface area contributed by atoms with Crippen LogP contribution in [0.25, 0.3) is 11.1 Å². The molecule has 3 aromatic rings. The molecule has 0 aromatic heterocycles. The van der Waals surface area contributed by atoms with Crippen molar-refractivity contribution in [3.05, 3.63) is 95.1 Å². The Morgan fingerprint density at radius 2 is 1.47 bits per heavy atom. The van der Waals surface area contributed by atoms with Gasteiger partial charge in [-0.15, -0.1) is 0 Å². The normalized spacial score (nSPS) is 20.7. The quantitative estimate of drug-likeness (QED) is 0.158. The highest BCUT2D eigenvalue weighted by Crippen LogP contribution is 2.39. The molecule has 3 N–H and O–H groups in total. The molecule has 2 saturated heterocycles. The summed E-state index contributed by atoms with van der Waals surface area (Å²) >= 11 is 0. The molecule has 0 spiro atoms. The molecular formula is C39H50N2O6. The van der Waals surface area contributed by atoms with Crippen LogP contribution in [-0.4, -0.2) is 52.7 Å². The second-order valence-corrected chi connectivity index (χ2v) is 13.0. The first-order valence-corrected chi connectivity index (χ1v) is 17.4. The van der Waals surface area contributed by atoms with E-state index in [2.05, 4.69) is 58.7 Å². The minimum absolute atomic E-state index is 0.0187. The Bertz CT molecular complexity index is 1400. The molecule has 8 heteroatoms. The second-order valence-electron chi connectivity index (χ2n) is 13.0. The molecule has 2 heterocycles. The van der Waals surface area contributed by atoms with Gasteiger partial charge in [-0.25, -0.2) is 0 Å². The Labute approximate surface area is 279 Å². The van der Waals surface area contributed by atoms with E-state index in [1.165, 1.54) is 32.1 Å². The Morgan fingerprint density at radius 3 is 2.19 bits per heavy atom. The molecule has 0 aliphatic carbocycles. The summed E-state index contributed by atoms with van der Waals surface area (Å²) in [5.41, 5.74) is 6.14. The van der Waals surface area contributed by atoms with E-state index in [1.54, 1.807) is 0 Å². The summed E-state index contributed by atoms with van der Waals surface area (Å²) in [6, 6.07) is 24.6. The van der Waals surface area contributed by atoms with Gasteiger partial charge in [0.1, 0.15) is 0 Å². The van der Waals surface area contributed by atoms with E-state index < -0.39 is 12.3 Å². The van der Waals surface area contributed by atoms with Crippen molar-refractivity contribution in [2.24, 2.45) is 0 Å². The molecule has 0 saturated carbocycles. The predicted octanol–water partition coefficient (Wildman–Crippen LogP) is 7.31. The Balaban J connectivity index is 1.22. The van der Waals surface area contributed by atoms with Crippen LogP contribution in [0.5, 0.6) is 0 Å². The van der Waals surface area contributed by atoms with E-state index in [-0.39, 0.29) is 31.1 Å². The largest absolute Gasteiger partial charge is 0.481 e. The van der Waals surface area contributed by atoms with E-state index in [9.17, 15) is 14.7 Å². The highest BCUT2D eigenvalue weighted by molar-refractivity contribution is 5.76. The van der Waals surface area contributed by atoms with Crippen LogP contribution < -0.4 is 5.32 Å². The zero-order valence-electron chi connectivity index (χ0n) is 27.4. The van der Waals surface area contributed by atoms with Crippen molar-refractivity contribution in [3.63, 3.8) is 0 Å². The van der Waals surface area contributed by atoms with Crippen LogP contribution in [0, 0.1) is 0 Å². The number of benzene rings is 3. The van der Waals surface area contributed by atoms with E-state index in [4.69, 9.17) is 14.6 Å². The van der Waals surface area contributed by atoms with Crippen molar-refractivity contribution < 1.29 is 29.3 Å². The summed E-state index contributed by atoms with van der Waals surface area (Å²) in [7, 11) is 0. The number of amides is 1. The number of hydrogen-bond acceptors (Lipinski definition) is 6. The number of unbranched alkanes of at least 4 members (excludes halogenated alkanes) is 2. The molecule has 3 aromatic carbocycles. The highest BCUT2D eigenvalue weighted by atomic mass is 16.7. The molecule has 8 nitrogen and oxygen atoms in total. The molecule has 252 valence electrons. The summed E-state index contributed by atoms with van der Waals surface area (Å²) in [4.78, 5) is 25.5. The Kier molecular flexibility index (Phi) is 13.4. The third kappa shape index (κ3) is 11.0. The van der Waals surface area contributed by atoms with E-state index in [0.29, 0.717) is 25.8 Å². The number of carbonyl (C=O) groups is 2. The maximum Gasteiger partial charge on any atom is 0.303 e. The Morgan fingerprint density at radius 1 is 0.766 bits per heavy atom. The fraction of sp³-hybridized carbons (Fsp3) is 0.487. The third-order valence-electron chi connectivity index (χ3n) is 9.25. The number of ether oxygens (including phenoxy) is 2. The number of carbonyl (C=O) groups excluding carboxylic acids is 1. The minimum atomic E-state index is -0.794. The average Bonchev–Trinajstić information content (AvgIpc) is 3.08. The smallest absolute Gasteiger partial charge is 0.303 e. The topological polar surface area (TPSA) is 108 Å². The van der Waals surface area contributed by atoms with Gasteiger partial charge in [0, 0.05) is 37.9 Å². The molecule has 0 bridgehead atoms. The SMILES string of the molecule is O=C(O)CCCCCC(=O)NCc1cccc(-c2ccc([C@@H]3O[C@H](CN4CCCCCCC4)C[C@H](c4ccc(CO)cc4)O3)cc2)c1. The predicted molar refractivity (Wildman–Crippen MR) is 182 cm³/mol. The first-order valence-electron chi connectivity index (χ1n) is 17.4. The molecule has 2 aliphatic heterocycles. The maximum absolute atomic E-state index is 12.3. The molecule has 3 atom stereocenters. The van der Waals surface area contributed by atoms with Gasteiger partial charge in [0.25, 0.3) is 0 Å². The third-order valence-corrected chi connectivity index (χ3v) is 9.25. The maximum atomic E-state index is 12.3. The number of carboxylic acids is 1. The first kappa shape index (κ1) is 34.8. The summed E-state index contributed by atoms with van der Waals surface area (Å²) < 4.78 is 13.2. The number of rotatable bonds is 14. The van der Waals surface area contributed by atoms with E-state index >= 15 is 0 Å². The van der Waals surface area contributed by atoms with Gasteiger partial charge >= 0.3 is 5.97 Å². The highest BCUT2D eigenvalue weighted by Gasteiger charge is 2.33. The van der Waals surface area contributed by atoms with Gasteiger partial charge in [-0.05, 0) is 72.7 Å². The average molecular weight is 643 g/mol. The van der Waals surface area contributed by atoms with Gasteiger partial charge in [0.2, 0.25) is 5.91 Å². The lowest BCUT2D eigenvalue weighted by molar-refractivity contribution is -0.253. The number of hydrogen-bond donors (Lipinski definition) is 3. The molecule has 2 aliphatic rings. The number of carboxylic acid groups (broad SMARTS) is 1. The lowest BCUT2D eigenvalue weighted by atomic mass is 9.98. The van der Waals surface area contributed by atoms with Gasteiger partial charge in [-0.1, -0.05) is 92.4 Å².